The highest BCUT2D eigenvalue weighted by Crippen LogP contribution is 2.22. The van der Waals surface area contributed by atoms with Crippen molar-refractivity contribution >= 4 is 17.5 Å². The molecule has 3 atom stereocenters. The number of hydrogen-bond acceptors (Lipinski definition) is 2. The van der Waals surface area contributed by atoms with Crippen LogP contribution in [0.4, 0.5) is 10.1 Å². The molecule has 2 aliphatic rings. The van der Waals surface area contributed by atoms with Crippen molar-refractivity contribution in [1.82, 2.24) is 4.90 Å². The van der Waals surface area contributed by atoms with E-state index in [1.807, 2.05) is 6.92 Å². The summed E-state index contributed by atoms with van der Waals surface area (Å²) in [4.78, 5) is 30.0. The van der Waals surface area contributed by atoms with Crippen molar-refractivity contribution in [1.29, 1.82) is 0 Å². The van der Waals surface area contributed by atoms with Gasteiger partial charge in [0.15, 0.2) is 12.6 Å². The highest BCUT2D eigenvalue weighted by Gasteiger charge is 2.38. The molecule has 0 unspecified atom stereocenters. The number of likely N-dealkylation sites (tertiary alicyclic amines) is 1. The Kier molecular flexibility index (Phi) is 7.24. The van der Waals surface area contributed by atoms with Gasteiger partial charge in [0, 0.05) is 17.8 Å². The van der Waals surface area contributed by atoms with Crippen molar-refractivity contribution in [3.8, 4) is 0 Å². The van der Waals surface area contributed by atoms with E-state index in [0.29, 0.717) is 24.3 Å². The van der Waals surface area contributed by atoms with Gasteiger partial charge in [-0.3, -0.25) is 9.59 Å². The molecule has 2 saturated heterocycles. The Balaban J connectivity index is 1.47. The lowest BCUT2D eigenvalue weighted by Gasteiger charge is -2.42. The monoisotopic (exact) mass is 406 g/mol. The Morgan fingerprint density at radius 3 is 2.45 bits per heavy atom. The lowest BCUT2D eigenvalue weighted by atomic mass is 9.96. The van der Waals surface area contributed by atoms with Gasteiger partial charge in [-0.2, -0.15) is 0 Å². The van der Waals surface area contributed by atoms with Crippen molar-refractivity contribution in [2.45, 2.75) is 58.2 Å². The third-order valence-electron chi connectivity index (χ3n) is 6.55. The standard InChI is InChI=1S/C22H33FN4O2/c1-16-6-4-7-17(2)27(16)22(29)18(3)26-12-10-25(11-13-26)15-21(28)24-20-9-5-8-19(23)14-20/h5,8-9,14,16-18H,4,6-7,10-13,15H2,1-3H3,(H,24,28)/p+2/t16-,17-,18+/m0/s1. The summed E-state index contributed by atoms with van der Waals surface area (Å²) in [6.45, 7) is 10.2. The van der Waals surface area contributed by atoms with Gasteiger partial charge in [-0.25, -0.2) is 4.39 Å². The summed E-state index contributed by atoms with van der Waals surface area (Å²) in [6, 6.07) is 6.57. The van der Waals surface area contributed by atoms with E-state index in [9.17, 15) is 14.0 Å². The van der Waals surface area contributed by atoms with Gasteiger partial charge in [-0.15, -0.1) is 0 Å². The van der Waals surface area contributed by atoms with E-state index in [1.165, 1.54) is 28.4 Å². The number of benzene rings is 1. The first kappa shape index (κ1) is 21.7. The normalized spacial score (nSPS) is 28.6. The minimum absolute atomic E-state index is 0.0410. The number of amides is 2. The van der Waals surface area contributed by atoms with Gasteiger partial charge in [-0.05, 0) is 58.2 Å². The van der Waals surface area contributed by atoms with Crippen molar-refractivity contribution < 1.29 is 23.8 Å². The van der Waals surface area contributed by atoms with Crippen LogP contribution in [-0.2, 0) is 9.59 Å². The van der Waals surface area contributed by atoms with Crippen LogP contribution in [0.3, 0.4) is 0 Å². The maximum absolute atomic E-state index is 13.3. The second-order valence-electron chi connectivity index (χ2n) is 8.74. The Hall–Kier alpha value is -1.99. The van der Waals surface area contributed by atoms with E-state index < -0.39 is 0 Å². The molecule has 0 saturated carbocycles. The first-order valence-corrected chi connectivity index (χ1v) is 10.9. The molecule has 2 aliphatic heterocycles. The minimum atomic E-state index is -0.358. The Bertz CT molecular complexity index is 711. The van der Waals surface area contributed by atoms with E-state index in [1.54, 1.807) is 12.1 Å². The number of piperazine rings is 1. The second kappa shape index (κ2) is 9.67. The van der Waals surface area contributed by atoms with Crippen molar-refractivity contribution in [3.05, 3.63) is 30.1 Å². The summed E-state index contributed by atoms with van der Waals surface area (Å²) >= 11 is 0. The number of piperidine rings is 1. The number of hydrogen-bond donors (Lipinski definition) is 3. The average Bonchev–Trinajstić information content (AvgIpc) is 2.67. The van der Waals surface area contributed by atoms with Crippen LogP contribution in [0.25, 0.3) is 0 Å². The molecular weight excluding hydrogens is 371 g/mol. The average molecular weight is 407 g/mol. The fourth-order valence-electron chi connectivity index (χ4n) is 4.79. The SMILES string of the molecule is C[C@H](C(=O)N1[C@@H](C)CCC[C@@H]1C)[NH+]1CC[NH+](CC(=O)Nc2cccc(F)c2)CC1. The van der Waals surface area contributed by atoms with Gasteiger partial charge >= 0.3 is 0 Å². The van der Waals surface area contributed by atoms with Crippen LogP contribution in [0.1, 0.15) is 40.0 Å². The van der Waals surface area contributed by atoms with Gasteiger partial charge in [0.05, 0.1) is 0 Å². The summed E-state index contributed by atoms with van der Waals surface area (Å²) in [5, 5.41) is 2.77. The van der Waals surface area contributed by atoms with Crippen molar-refractivity contribution in [2.24, 2.45) is 0 Å². The Labute approximate surface area is 173 Å². The first-order chi connectivity index (χ1) is 13.8. The molecule has 7 heteroatoms. The number of rotatable bonds is 5. The maximum atomic E-state index is 13.3. The molecule has 2 fully saturated rings. The zero-order valence-corrected chi connectivity index (χ0v) is 17.8. The van der Waals surface area contributed by atoms with Gasteiger partial charge in [-0.1, -0.05) is 6.07 Å². The summed E-state index contributed by atoms with van der Waals surface area (Å²) < 4.78 is 13.3. The number of carbonyl (C=O) groups excluding carboxylic acids is 2. The third-order valence-corrected chi connectivity index (χ3v) is 6.55. The molecule has 0 aromatic heterocycles. The zero-order valence-electron chi connectivity index (χ0n) is 17.8. The predicted octanol–water partition coefficient (Wildman–Crippen LogP) is -0.274. The van der Waals surface area contributed by atoms with Crippen LogP contribution in [0.15, 0.2) is 24.3 Å². The summed E-state index contributed by atoms with van der Waals surface area (Å²) in [7, 11) is 0. The van der Waals surface area contributed by atoms with Crippen LogP contribution >= 0.6 is 0 Å². The molecule has 6 nitrogen and oxygen atoms in total. The van der Waals surface area contributed by atoms with Gasteiger partial charge in [0.2, 0.25) is 0 Å². The lowest BCUT2D eigenvalue weighted by molar-refractivity contribution is -1.02. The van der Waals surface area contributed by atoms with Crippen LogP contribution in [-0.4, -0.2) is 67.6 Å². The molecule has 160 valence electrons. The number of quaternary nitrogens is 2. The third kappa shape index (κ3) is 5.54. The van der Waals surface area contributed by atoms with Crippen LogP contribution < -0.4 is 15.1 Å². The quantitative estimate of drug-likeness (QED) is 0.630. The highest BCUT2D eigenvalue weighted by atomic mass is 19.1. The fraction of sp³-hybridized carbons (Fsp3) is 0.636. The fourth-order valence-corrected chi connectivity index (χ4v) is 4.79. The molecule has 3 N–H and O–H groups in total. The Morgan fingerprint density at radius 2 is 1.83 bits per heavy atom. The molecule has 0 radical (unpaired) electrons. The Morgan fingerprint density at radius 1 is 1.17 bits per heavy atom. The summed E-state index contributed by atoms with van der Waals surface area (Å²) in [5.41, 5.74) is 0.489. The molecule has 0 bridgehead atoms. The molecule has 0 aliphatic carbocycles. The van der Waals surface area contributed by atoms with Crippen LogP contribution in [0.2, 0.25) is 0 Å². The topological polar surface area (TPSA) is 58.3 Å². The van der Waals surface area contributed by atoms with Crippen molar-refractivity contribution in [3.63, 3.8) is 0 Å². The second-order valence-corrected chi connectivity index (χ2v) is 8.74. The van der Waals surface area contributed by atoms with E-state index in [-0.39, 0.29) is 23.7 Å². The molecule has 2 amide bonds. The number of nitrogens with zero attached hydrogens (tertiary/aromatic N) is 1. The molecule has 0 spiro atoms. The number of anilines is 1. The minimum Gasteiger partial charge on any atom is -0.332 e. The van der Waals surface area contributed by atoms with Gasteiger partial charge < -0.3 is 20.0 Å². The molecular formula is C22H35FN4O2+2. The summed E-state index contributed by atoms with van der Waals surface area (Å²) in [6.07, 6.45) is 3.39. The maximum Gasteiger partial charge on any atom is 0.281 e. The zero-order chi connectivity index (χ0) is 21.0. The van der Waals surface area contributed by atoms with E-state index in [2.05, 4.69) is 24.1 Å². The number of nitrogens with one attached hydrogen (secondary N) is 3. The highest BCUT2D eigenvalue weighted by molar-refractivity contribution is 5.91. The smallest absolute Gasteiger partial charge is 0.281 e. The van der Waals surface area contributed by atoms with Gasteiger partial charge in [0.1, 0.15) is 32.0 Å². The molecule has 29 heavy (non-hydrogen) atoms. The largest absolute Gasteiger partial charge is 0.332 e. The van der Waals surface area contributed by atoms with Crippen molar-refractivity contribution in [2.75, 3.05) is 38.0 Å². The molecule has 1 aromatic carbocycles. The lowest BCUT2D eigenvalue weighted by Crippen LogP contribution is -3.30. The predicted molar refractivity (Wildman–Crippen MR) is 110 cm³/mol. The number of carbonyl (C=O) groups is 2. The molecule has 1 aromatic rings. The van der Waals surface area contributed by atoms with Crippen LogP contribution in [0, 0.1) is 5.82 Å². The first-order valence-electron chi connectivity index (χ1n) is 10.9. The van der Waals surface area contributed by atoms with E-state index >= 15 is 0 Å². The van der Waals surface area contributed by atoms with Crippen LogP contribution in [0.5, 0.6) is 0 Å². The van der Waals surface area contributed by atoms with E-state index in [0.717, 1.165) is 39.0 Å². The number of halogens is 1. The summed E-state index contributed by atoms with van der Waals surface area (Å²) in [5.74, 6) is -0.190. The molecule has 2 heterocycles. The van der Waals surface area contributed by atoms with E-state index in [4.69, 9.17) is 0 Å². The molecule has 3 rings (SSSR count). The van der Waals surface area contributed by atoms with Gasteiger partial charge in [0.25, 0.3) is 11.8 Å².